The largest absolute Gasteiger partial charge is 0.456 e. The summed E-state index contributed by atoms with van der Waals surface area (Å²) >= 11 is 1.47. The number of likely N-dealkylation sites (N-methyl/N-ethyl adjacent to an activating group) is 2. The molecule has 0 unspecified atom stereocenters. The molecule has 1 aliphatic heterocycles. The van der Waals surface area contributed by atoms with Crippen LogP contribution in [0.1, 0.15) is 106 Å². The summed E-state index contributed by atoms with van der Waals surface area (Å²) in [7, 11) is 2.91. The average molecular weight is 942 g/mol. The number of amides is 6. The molecule has 1 heterocycles. The Morgan fingerprint density at radius 2 is 1.61 bits per heavy atom. The van der Waals surface area contributed by atoms with Crippen LogP contribution in [0.3, 0.4) is 0 Å². The number of nitrogens with one attached hydrogen (secondary N) is 4. The molecule has 16 nitrogen and oxygen atoms in total. The monoisotopic (exact) mass is 942 g/mol. The number of esters is 1. The molecule has 6 N–H and O–H groups in total. The molecule has 2 rings (SSSR count). The van der Waals surface area contributed by atoms with E-state index in [0.29, 0.717) is 37.3 Å². The van der Waals surface area contributed by atoms with E-state index in [2.05, 4.69) is 21.3 Å². The molecular formula is C49H79N7O9S. The molecule has 0 saturated heterocycles. The number of hydrogen-bond acceptors (Lipinski definition) is 11. The number of cyclic esters (lactones) is 1. The number of benzene rings is 1. The van der Waals surface area contributed by atoms with Gasteiger partial charge < -0.3 is 46.3 Å². The fraction of sp³-hybridized carbons (Fsp3) is 0.653. The predicted octanol–water partition coefficient (Wildman–Crippen LogP) is 4.26. The molecule has 1 aliphatic rings. The summed E-state index contributed by atoms with van der Waals surface area (Å²) in [4.78, 5) is 101. The van der Waals surface area contributed by atoms with Crippen molar-refractivity contribution in [3.63, 3.8) is 0 Å². The Kier molecular flexibility index (Phi) is 25.3. The molecule has 17 heteroatoms. The molecule has 6 amide bonds. The standard InChI is InChI=1S/C49H79N7O9S/c1-13-31(5)42-46(60)52-37(22-18-19-25-50)49(63)65-43(32(6)14-2)34(8)40(64-29-66-12)24-23-33(7)44(58)53-38(26-30(3)4)45(59)51-35(9)47(61)56(11)39(27-36-20-16-15-17-21-36)48(62)55(10)28-41(57)54-42/h14-17,20-21,23,30-31,34-35,37-40,42-43H,13,18-19,22,24-29,50H2,1-12H3,(H,51,59)(H,52,60)(H,53,58)(H,54,57)/b32-14+,33-23+/t31-,34+,35+,37-,38-,39-,40+,42+,43-/m1/s1. The van der Waals surface area contributed by atoms with Crippen LogP contribution >= 0.6 is 11.8 Å². The number of nitrogens with zero attached hydrogens (tertiary/aromatic N) is 2. The van der Waals surface area contributed by atoms with Crippen LogP contribution in [0.25, 0.3) is 0 Å². The summed E-state index contributed by atoms with van der Waals surface area (Å²) < 4.78 is 12.6. The number of thioether (sulfide) groups is 1. The first-order valence-electron chi connectivity index (χ1n) is 23.3. The van der Waals surface area contributed by atoms with Gasteiger partial charge in [-0.3, -0.25) is 28.8 Å². The molecule has 0 aliphatic carbocycles. The minimum Gasteiger partial charge on any atom is -0.456 e. The van der Waals surface area contributed by atoms with Crippen LogP contribution in [0.15, 0.2) is 53.6 Å². The molecule has 9 atom stereocenters. The Morgan fingerprint density at radius 3 is 2.20 bits per heavy atom. The Morgan fingerprint density at radius 1 is 0.939 bits per heavy atom. The van der Waals surface area contributed by atoms with E-state index in [4.69, 9.17) is 15.2 Å². The first-order valence-corrected chi connectivity index (χ1v) is 24.7. The van der Waals surface area contributed by atoms with Gasteiger partial charge in [0, 0.05) is 32.0 Å². The Labute approximate surface area is 397 Å². The molecule has 0 aromatic heterocycles. The van der Waals surface area contributed by atoms with Crippen LogP contribution in [-0.2, 0) is 49.5 Å². The molecule has 0 radical (unpaired) electrons. The van der Waals surface area contributed by atoms with Gasteiger partial charge >= 0.3 is 5.97 Å². The van der Waals surface area contributed by atoms with Crippen molar-refractivity contribution in [3.05, 3.63) is 59.2 Å². The zero-order valence-corrected chi connectivity index (χ0v) is 42.3. The molecule has 1 aromatic rings. The number of nitrogens with two attached hydrogens (primary N) is 1. The molecule has 0 saturated carbocycles. The lowest BCUT2D eigenvalue weighted by molar-refractivity contribution is -0.156. The van der Waals surface area contributed by atoms with Crippen molar-refractivity contribution < 1.29 is 43.0 Å². The van der Waals surface area contributed by atoms with E-state index in [0.717, 1.165) is 11.1 Å². The lowest BCUT2D eigenvalue weighted by atomic mass is 9.90. The van der Waals surface area contributed by atoms with Crippen molar-refractivity contribution in [2.24, 2.45) is 23.5 Å². The maximum atomic E-state index is 14.3. The number of carbonyl (C=O) groups is 7. The van der Waals surface area contributed by atoms with Crippen LogP contribution in [0.2, 0.25) is 0 Å². The highest BCUT2D eigenvalue weighted by atomic mass is 32.2. The topological polar surface area (TPSA) is 219 Å². The van der Waals surface area contributed by atoms with Gasteiger partial charge in [0.2, 0.25) is 35.4 Å². The third-order valence-electron chi connectivity index (χ3n) is 12.2. The Hall–Kier alpha value is -4.74. The SMILES string of the molecule is C/C=C(\C)[C@H]1OC(=O)[C@@H](CCCCN)NC(=O)[C@H]([C@H](C)CC)NC(=O)CN(C)C(=O)[C@@H](Cc2ccccc2)N(C)C(=O)[C@H](C)NC(=O)[C@@H](CC(C)C)NC(=O)/C(C)=C/C[C@H](OCSC)[C@@H]1C. The molecule has 370 valence electrons. The van der Waals surface area contributed by atoms with E-state index < -0.39 is 96.3 Å². The molecule has 0 bridgehead atoms. The van der Waals surface area contributed by atoms with Crippen molar-refractivity contribution >= 4 is 53.2 Å². The number of ether oxygens (including phenoxy) is 2. The molecular weight excluding hydrogens is 863 g/mol. The van der Waals surface area contributed by atoms with Gasteiger partial charge in [-0.25, -0.2) is 4.79 Å². The minimum atomic E-state index is -1.10. The van der Waals surface area contributed by atoms with E-state index in [9.17, 15) is 33.6 Å². The van der Waals surface area contributed by atoms with Crippen LogP contribution in [0, 0.1) is 17.8 Å². The van der Waals surface area contributed by atoms with Gasteiger partial charge in [0.1, 0.15) is 36.3 Å². The molecule has 0 spiro atoms. The first-order chi connectivity index (χ1) is 31.2. The summed E-state index contributed by atoms with van der Waals surface area (Å²) in [6, 6.07) is 3.75. The minimum absolute atomic E-state index is 0.00584. The van der Waals surface area contributed by atoms with E-state index in [1.807, 2.05) is 91.1 Å². The molecule has 1 aromatic carbocycles. The number of carbonyl (C=O) groups excluding carboxylic acids is 7. The molecule has 0 fully saturated rings. The highest BCUT2D eigenvalue weighted by Crippen LogP contribution is 2.27. The van der Waals surface area contributed by atoms with Crippen molar-refractivity contribution in [3.8, 4) is 0 Å². The zero-order valence-electron chi connectivity index (χ0n) is 41.4. The summed E-state index contributed by atoms with van der Waals surface area (Å²) in [5, 5.41) is 11.3. The first kappa shape index (κ1) is 57.4. The van der Waals surface area contributed by atoms with Crippen LogP contribution in [0.4, 0.5) is 0 Å². The maximum Gasteiger partial charge on any atom is 0.329 e. The highest BCUT2D eigenvalue weighted by Gasteiger charge is 2.37. The highest BCUT2D eigenvalue weighted by molar-refractivity contribution is 7.98. The van der Waals surface area contributed by atoms with Crippen LogP contribution in [0.5, 0.6) is 0 Å². The van der Waals surface area contributed by atoms with Gasteiger partial charge in [-0.15, -0.1) is 11.8 Å². The van der Waals surface area contributed by atoms with Gasteiger partial charge in [0.25, 0.3) is 0 Å². The Balaban J connectivity index is 2.76. The smallest absolute Gasteiger partial charge is 0.329 e. The van der Waals surface area contributed by atoms with Gasteiger partial charge in [-0.2, -0.15) is 0 Å². The van der Waals surface area contributed by atoms with Crippen LogP contribution in [-0.4, -0.2) is 133 Å². The lowest BCUT2D eigenvalue weighted by Gasteiger charge is -2.33. The van der Waals surface area contributed by atoms with Crippen molar-refractivity contribution in [1.82, 2.24) is 31.1 Å². The summed E-state index contributed by atoms with van der Waals surface area (Å²) in [5.74, 6) is -4.53. The maximum absolute atomic E-state index is 14.3. The molecule has 66 heavy (non-hydrogen) atoms. The van der Waals surface area contributed by atoms with E-state index in [1.54, 1.807) is 13.0 Å². The van der Waals surface area contributed by atoms with Crippen LogP contribution < -0.4 is 27.0 Å². The third-order valence-corrected chi connectivity index (χ3v) is 12.5. The second-order valence-corrected chi connectivity index (χ2v) is 18.8. The third kappa shape index (κ3) is 18.2. The van der Waals surface area contributed by atoms with Crippen molar-refractivity contribution in [2.45, 2.75) is 150 Å². The van der Waals surface area contributed by atoms with Gasteiger partial charge in [-0.05, 0) is 95.6 Å². The van der Waals surface area contributed by atoms with E-state index in [1.165, 1.54) is 42.6 Å². The van der Waals surface area contributed by atoms with E-state index >= 15 is 0 Å². The quantitative estimate of drug-likeness (QED) is 0.0768. The van der Waals surface area contributed by atoms with Gasteiger partial charge in [-0.1, -0.05) is 83.5 Å². The normalized spacial score (nSPS) is 27.0. The van der Waals surface area contributed by atoms with E-state index in [-0.39, 0.29) is 37.5 Å². The summed E-state index contributed by atoms with van der Waals surface area (Å²) in [5.41, 5.74) is 7.66. The number of rotatable bonds is 14. The zero-order chi connectivity index (χ0) is 49.7. The lowest BCUT2D eigenvalue weighted by Crippen LogP contribution is -2.58. The average Bonchev–Trinajstić information content (AvgIpc) is 3.29. The van der Waals surface area contributed by atoms with Gasteiger partial charge in [0.05, 0.1) is 18.6 Å². The summed E-state index contributed by atoms with van der Waals surface area (Å²) in [6.45, 7) is 16.2. The predicted molar refractivity (Wildman–Crippen MR) is 260 cm³/mol. The fourth-order valence-corrected chi connectivity index (χ4v) is 7.98. The van der Waals surface area contributed by atoms with Crippen molar-refractivity contribution in [2.75, 3.05) is 39.4 Å². The number of unbranched alkanes of at least 4 members (excludes halogenated alkanes) is 1. The number of hydrogen-bond donors (Lipinski definition) is 5. The second kappa shape index (κ2) is 29.1. The second-order valence-electron chi connectivity index (χ2n) is 18.0. The number of allylic oxidation sites excluding steroid dienone is 1. The summed E-state index contributed by atoms with van der Waals surface area (Å²) in [6.07, 6.45) is 6.64. The fourth-order valence-electron chi connectivity index (χ4n) is 7.67. The van der Waals surface area contributed by atoms with Gasteiger partial charge in [0.15, 0.2) is 0 Å². The van der Waals surface area contributed by atoms with Crippen molar-refractivity contribution in [1.29, 1.82) is 0 Å². The Bertz CT molecular complexity index is 1830.